The summed E-state index contributed by atoms with van der Waals surface area (Å²) in [5.41, 5.74) is 14.6. The highest BCUT2D eigenvalue weighted by Crippen LogP contribution is 2.03. The van der Waals surface area contributed by atoms with Crippen LogP contribution in [-0.4, -0.2) is 27.3 Å². The molecule has 0 bridgehead atoms. The summed E-state index contributed by atoms with van der Waals surface area (Å²) < 4.78 is 0. The molecule has 0 fully saturated rings. The van der Waals surface area contributed by atoms with Crippen molar-refractivity contribution in [2.45, 2.75) is 19.0 Å². The van der Waals surface area contributed by atoms with Gasteiger partial charge in [-0.15, -0.1) is 0 Å². The second-order valence-corrected chi connectivity index (χ2v) is 2.92. The van der Waals surface area contributed by atoms with Gasteiger partial charge in [0, 0.05) is 17.0 Å². The highest BCUT2D eigenvalue weighted by Gasteiger charge is 2.13. The molecule has 1 aromatic heterocycles. The smallest absolute Gasteiger partial charge is 0.320 e. The third kappa shape index (κ3) is 3.29. The van der Waals surface area contributed by atoms with Crippen molar-refractivity contribution >= 4 is 5.97 Å². The van der Waals surface area contributed by atoms with Crippen LogP contribution in [0.3, 0.4) is 0 Å². The third-order valence-electron chi connectivity index (χ3n) is 1.73. The quantitative estimate of drug-likeness (QED) is 0.362. The number of rotatable bonds is 5. The minimum Gasteiger partial charge on any atom is -0.480 e. The molecule has 0 saturated carbocycles. The van der Waals surface area contributed by atoms with Gasteiger partial charge in [0.2, 0.25) is 0 Å². The first-order valence-corrected chi connectivity index (χ1v) is 4.16. The van der Waals surface area contributed by atoms with Crippen molar-refractivity contribution in [3.05, 3.63) is 27.9 Å². The van der Waals surface area contributed by atoms with Crippen LogP contribution in [-0.2, 0) is 17.8 Å². The number of nitrogens with one attached hydrogen (secondary N) is 1. The number of nitrogens with zero attached hydrogens (tertiary/aromatic N) is 4. The van der Waals surface area contributed by atoms with Crippen LogP contribution in [0.15, 0.2) is 11.2 Å². The van der Waals surface area contributed by atoms with Crippen LogP contribution in [0.2, 0.25) is 0 Å². The van der Waals surface area contributed by atoms with Gasteiger partial charge >= 0.3 is 5.97 Å². The fraction of sp³-hybridized carbons (Fsp3) is 0.429. The number of azide groups is 1. The van der Waals surface area contributed by atoms with E-state index in [9.17, 15) is 4.79 Å². The van der Waals surface area contributed by atoms with Crippen molar-refractivity contribution in [1.29, 1.82) is 0 Å². The summed E-state index contributed by atoms with van der Waals surface area (Å²) in [6.45, 7) is 0.159. The molecule has 0 spiro atoms. The predicted octanol–water partition coefficient (Wildman–Crippen LogP) is 0.174. The molecule has 0 aliphatic carbocycles. The monoisotopic (exact) mass is 210 g/mol. The summed E-state index contributed by atoms with van der Waals surface area (Å²) in [4.78, 5) is 13.0. The molecule has 0 saturated heterocycles. The van der Waals surface area contributed by atoms with Gasteiger partial charge in [0.15, 0.2) is 0 Å². The summed E-state index contributed by atoms with van der Waals surface area (Å²) in [6, 6.07) is 0.651. The van der Waals surface area contributed by atoms with Crippen LogP contribution < -0.4 is 5.73 Å². The Labute approximate surface area is 84.7 Å². The van der Waals surface area contributed by atoms with E-state index in [1.54, 1.807) is 6.07 Å². The molecular weight excluding hydrogens is 200 g/mol. The third-order valence-corrected chi connectivity index (χ3v) is 1.73. The van der Waals surface area contributed by atoms with Crippen molar-refractivity contribution in [1.82, 2.24) is 10.2 Å². The van der Waals surface area contributed by atoms with Crippen molar-refractivity contribution in [3.63, 3.8) is 0 Å². The van der Waals surface area contributed by atoms with E-state index in [1.807, 2.05) is 0 Å². The van der Waals surface area contributed by atoms with Gasteiger partial charge in [0.25, 0.3) is 0 Å². The number of carboxylic acids is 1. The number of aliphatic carboxylic acids is 1. The van der Waals surface area contributed by atoms with Gasteiger partial charge in [0.05, 0.1) is 12.2 Å². The fourth-order valence-electron chi connectivity index (χ4n) is 1.02. The lowest BCUT2D eigenvalue weighted by Crippen LogP contribution is -2.32. The second kappa shape index (κ2) is 4.99. The molecule has 4 N–H and O–H groups in total. The maximum atomic E-state index is 10.5. The molecule has 15 heavy (non-hydrogen) atoms. The van der Waals surface area contributed by atoms with Crippen molar-refractivity contribution < 1.29 is 9.90 Å². The molecule has 0 aromatic carbocycles. The van der Waals surface area contributed by atoms with E-state index >= 15 is 0 Å². The van der Waals surface area contributed by atoms with E-state index in [-0.39, 0.29) is 13.0 Å². The molecule has 8 nitrogen and oxygen atoms in total. The summed E-state index contributed by atoms with van der Waals surface area (Å²) in [6.07, 6.45) is 0.141. The Morgan fingerprint density at radius 3 is 3.20 bits per heavy atom. The lowest BCUT2D eigenvalue weighted by Gasteiger charge is -2.01. The van der Waals surface area contributed by atoms with E-state index in [2.05, 4.69) is 20.2 Å². The standard InChI is InChI=1S/C7H10N6O2/c8-6(7(14)15)2-4-1-5(12-11-4)3-10-13-9/h1,6H,2-3,8H2,(H,11,12)(H,14,15)/t6-/m0/s1. The van der Waals surface area contributed by atoms with Gasteiger partial charge < -0.3 is 10.8 Å². The molecule has 0 aliphatic heterocycles. The Hall–Kier alpha value is -2.05. The number of hydrogen-bond donors (Lipinski definition) is 3. The highest BCUT2D eigenvalue weighted by molar-refractivity contribution is 5.73. The lowest BCUT2D eigenvalue weighted by molar-refractivity contribution is -0.138. The Balaban J connectivity index is 2.60. The van der Waals surface area contributed by atoms with E-state index < -0.39 is 12.0 Å². The number of aromatic amines is 1. The second-order valence-electron chi connectivity index (χ2n) is 2.92. The molecule has 0 amide bonds. The zero-order valence-electron chi connectivity index (χ0n) is 7.79. The fourth-order valence-corrected chi connectivity index (χ4v) is 1.02. The topological polar surface area (TPSA) is 141 Å². The molecule has 80 valence electrons. The summed E-state index contributed by atoms with van der Waals surface area (Å²) in [5, 5.41) is 18.4. The molecule has 0 unspecified atom stereocenters. The minimum atomic E-state index is -1.07. The van der Waals surface area contributed by atoms with Crippen LogP contribution in [0.25, 0.3) is 10.4 Å². The number of carboxylic acid groups (broad SMARTS) is 1. The average molecular weight is 210 g/mol. The Kier molecular flexibility index (Phi) is 3.67. The Bertz CT molecular complexity index is 394. The molecule has 1 rings (SSSR count). The number of carbonyl (C=O) groups is 1. The predicted molar refractivity (Wildman–Crippen MR) is 50.8 cm³/mol. The van der Waals surface area contributed by atoms with Gasteiger partial charge in [-0.1, -0.05) is 5.11 Å². The molecule has 0 aliphatic rings. The Morgan fingerprint density at radius 2 is 2.60 bits per heavy atom. The minimum absolute atomic E-state index is 0.141. The number of H-pyrrole nitrogens is 1. The lowest BCUT2D eigenvalue weighted by atomic mass is 10.1. The zero-order chi connectivity index (χ0) is 11.3. The Morgan fingerprint density at radius 1 is 1.87 bits per heavy atom. The number of hydrogen-bond acceptors (Lipinski definition) is 4. The SMILES string of the molecule is [N-]=[N+]=NCc1cc(C[C@H](N)C(=O)O)n[nH]1. The van der Waals surface area contributed by atoms with Crippen LogP contribution in [0.4, 0.5) is 0 Å². The first-order chi connectivity index (χ1) is 7.13. The van der Waals surface area contributed by atoms with Gasteiger partial charge in [0.1, 0.15) is 6.04 Å². The molecule has 1 heterocycles. The molecule has 1 atom stereocenters. The average Bonchev–Trinajstić information content (AvgIpc) is 2.62. The van der Waals surface area contributed by atoms with E-state index in [4.69, 9.17) is 16.4 Å². The molecule has 1 aromatic rings. The van der Waals surface area contributed by atoms with E-state index in [0.29, 0.717) is 11.4 Å². The van der Waals surface area contributed by atoms with Crippen LogP contribution >= 0.6 is 0 Å². The maximum absolute atomic E-state index is 10.5. The van der Waals surface area contributed by atoms with Crippen molar-refractivity contribution in [3.8, 4) is 0 Å². The van der Waals surface area contributed by atoms with Gasteiger partial charge in [-0.3, -0.25) is 9.89 Å². The summed E-state index contributed by atoms with van der Waals surface area (Å²) >= 11 is 0. The first-order valence-electron chi connectivity index (χ1n) is 4.16. The van der Waals surface area contributed by atoms with Crippen molar-refractivity contribution in [2.24, 2.45) is 10.8 Å². The summed E-state index contributed by atoms with van der Waals surface area (Å²) in [5.74, 6) is -1.07. The van der Waals surface area contributed by atoms with Crippen LogP contribution in [0.5, 0.6) is 0 Å². The largest absolute Gasteiger partial charge is 0.480 e. The first kappa shape index (κ1) is 11.0. The number of aromatic nitrogens is 2. The van der Waals surface area contributed by atoms with Gasteiger partial charge in [-0.05, 0) is 11.6 Å². The molecule has 0 radical (unpaired) electrons. The highest BCUT2D eigenvalue weighted by atomic mass is 16.4. The normalized spacial score (nSPS) is 11.8. The van der Waals surface area contributed by atoms with Gasteiger partial charge in [-0.25, -0.2) is 0 Å². The molecule has 8 heteroatoms. The van der Waals surface area contributed by atoms with E-state index in [0.717, 1.165) is 0 Å². The molecular formula is C7H10N6O2. The summed E-state index contributed by atoms with van der Waals surface area (Å²) in [7, 11) is 0. The number of nitrogens with two attached hydrogens (primary N) is 1. The van der Waals surface area contributed by atoms with Crippen molar-refractivity contribution in [2.75, 3.05) is 0 Å². The van der Waals surface area contributed by atoms with Crippen LogP contribution in [0, 0.1) is 0 Å². The zero-order valence-corrected chi connectivity index (χ0v) is 7.79. The maximum Gasteiger partial charge on any atom is 0.320 e. The van der Waals surface area contributed by atoms with Gasteiger partial charge in [-0.2, -0.15) is 5.10 Å². The van der Waals surface area contributed by atoms with Crippen LogP contribution in [0.1, 0.15) is 11.4 Å². The van der Waals surface area contributed by atoms with E-state index in [1.165, 1.54) is 0 Å².